The third-order valence-corrected chi connectivity index (χ3v) is 4.75. The monoisotopic (exact) mass is 329 g/mol. The maximum atomic E-state index is 6.44. The summed E-state index contributed by atoms with van der Waals surface area (Å²) in [5.41, 5.74) is 1.02. The van der Waals surface area contributed by atoms with Gasteiger partial charge in [-0.05, 0) is 24.5 Å². The lowest BCUT2D eigenvalue weighted by atomic mass is 10.00. The van der Waals surface area contributed by atoms with Crippen LogP contribution in [0.3, 0.4) is 0 Å². The highest BCUT2D eigenvalue weighted by Crippen LogP contribution is 2.34. The quantitative estimate of drug-likeness (QED) is 0.838. The standard InChI is InChI=1S/C17H23N5O2/c1-2-15(8-18-5-1)9-21-6-7-23-12-17(11-21)4-3-16(24-17)10-22-14-19-13-20-22/h1-2,5,8,13-14,16H,3-4,6-7,9-12H2. The van der Waals surface area contributed by atoms with E-state index in [0.29, 0.717) is 6.61 Å². The molecule has 4 heterocycles. The van der Waals surface area contributed by atoms with E-state index in [9.17, 15) is 0 Å². The highest BCUT2D eigenvalue weighted by atomic mass is 16.6. The first-order valence-electron chi connectivity index (χ1n) is 8.51. The van der Waals surface area contributed by atoms with E-state index in [4.69, 9.17) is 9.47 Å². The molecule has 2 aromatic heterocycles. The number of hydrogen-bond donors (Lipinski definition) is 0. The molecule has 128 valence electrons. The van der Waals surface area contributed by atoms with Gasteiger partial charge in [-0.3, -0.25) is 14.6 Å². The molecule has 0 saturated carbocycles. The molecule has 24 heavy (non-hydrogen) atoms. The Balaban J connectivity index is 1.40. The molecule has 2 saturated heterocycles. The number of hydrogen-bond acceptors (Lipinski definition) is 6. The van der Waals surface area contributed by atoms with Crippen molar-refractivity contribution in [2.24, 2.45) is 0 Å². The van der Waals surface area contributed by atoms with Gasteiger partial charge in [0.05, 0.1) is 25.9 Å². The molecule has 2 atom stereocenters. The Morgan fingerprint density at radius 1 is 1.33 bits per heavy atom. The van der Waals surface area contributed by atoms with Gasteiger partial charge in [0.2, 0.25) is 0 Å². The molecule has 2 aliphatic heterocycles. The second kappa shape index (κ2) is 6.96. The smallest absolute Gasteiger partial charge is 0.137 e. The van der Waals surface area contributed by atoms with Crippen LogP contribution in [-0.4, -0.2) is 62.7 Å². The van der Waals surface area contributed by atoms with Crippen LogP contribution < -0.4 is 0 Å². The predicted molar refractivity (Wildman–Crippen MR) is 87.2 cm³/mol. The van der Waals surface area contributed by atoms with E-state index >= 15 is 0 Å². The SMILES string of the molecule is c1cncc(CN2CCOCC3(CCC(Cn4cncn4)O3)C2)c1. The van der Waals surface area contributed by atoms with Gasteiger partial charge in [0, 0.05) is 32.0 Å². The lowest BCUT2D eigenvalue weighted by Gasteiger charge is -2.32. The van der Waals surface area contributed by atoms with Gasteiger partial charge in [0.1, 0.15) is 18.3 Å². The minimum Gasteiger partial charge on any atom is -0.377 e. The molecule has 0 bridgehead atoms. The summed E-state index contributed by atoms with van der Waals surface area (Å²) in [4.78, 5) is 10.6. The van der Waals surface area contributed by atoms with Crippen molar-refractivity contribution in [3.63, 3.8) is 0 Å². The zero-order chi connectivity index (χ0) is 16.2. The van der Waals surface area contributed by atoms with E-state index in [0.717, 1.165) is 45.6 Å². The van der Waals surface area contributed by atoms with Crippen molar-refractivity contribution < 1.29 is 9.47 Å². The summed E-state index contributed by atoms with van der Waals surface area (Å²) in [6, 6.07) is 4.11. The summed E-state index contributed by atoms with van der Waals surface area (Å²) in [5, 5.41) is 4.18. The minimum absolute atomic E-state index is 0.175. The molecule has 2 aromatic rings. The average molecular weight is 329 g/mol. The Labute approximate surface area is 141 Å². The number of nitrogens with zero attached hydrogens (tertiary/aromatic N) is 5. The Kier molecular flexibility index (Phi) is 4.55. The second-order valence-electron chi connectivity index (χ2n) is 6.70. The van der Waals surface area contributed by atoms with Gasteiger partial charge >= 0.3 is 0 Å². The second-order valence-corrected chi connectivity index (χ2v) is 6.70. The third-order valence-electron chi connectivity index (χ3n) is 4.75. The van der Waals surface area contributed by atoms with Crippen LogP contribution in [0.5, 0.6) is 0 Å². The summed E-state index contributed by atoms with van der Waals surface area (Å²) in [7, 11) is 0. The van der Waals surface area contributed by atoms with Gasteiger partial charge in [-0.25, -0.2) is 4.98 Å². The van der Waals surface area contributed by atoms with Crippen molar-refractivity contribution in [2.45, 2.75) is 37.6 Å². The first-order chi connectivity index (χ1) is 11.8. The topological polar surface area (TPSA) is 65.3 Å². The first kappa shape index (κ1) is 15.7. The molecule has 7 nitrogen and oxygen atoms in total. The van der Waals surface area contributed by atoms with Crippen molar-refractivity contribution in [2.75, 3.05) is 26.3 Å². The molecule has 0 radical (unpaired) electrons. The van der Waals surface area contributed by atoms with E-state index in [1.807, 2.05) is 23.1 Å². The van der Waals surface area contributed by atoms with E-state index in [1.54, 1.807) is 12.7 Å². The maximum Gasteiger partial charge on any atom is 0.137 e. The van der Waals surface area contributed by atoms with E-state index < -0.39 is 0 Å². The van der Waals surface area contributed by atoms with Crippen LogP contribution in [0, 0.1) is 0 Å². The largest absolute Gasteiger partial charge is 0.377 e. The zero-order valence-corrected chi connectivity index (χ0v) is 13.8. The highest BCUT2D eigenvalue weighted by Gasteiger charge is 2.43. The van der Waals surface area contributed by atoms with E-state index in [-0.39, 0.29) is 11.7 Å². The van der Waals surface area contributed by atoms with Crippen LogP contribution in [0.15, 0.2) is 37.2 Å². The molecule has 2 fully saturated rings. The molecule has 0 aliphatic carbocycles. The molecule has 2 unspecified atom stereocenters. The van der Waals surface area contributed by atoms with Crippen LogP contribution in [0.4, 0.5) is 0 Å². The van der Waals surface area contributed by atoms with Gasteiger partial charge in [0.15, 0.2) is 0 Å². The fourth-order valence-corrected chi connectivity index (χ4v) is 3.65. The summed E-state index contributed by atoms with van der Waals surface area (Å²) in [5.74, 6) is 0. The number of rotatable bonds is 4. The van der Waals surface area contributed by atoms with E-state index in [2.05, 4.69) is 26.0 Å². The third kappa shape index (κ3) is 3.63. The Bertz CT molecular complexity index is 636. The highest BCUT2D eigenvalue weighted by molar-refractivity contribution is 5.08. The van der Waals surface area contributed by atoms with E-state index in [1.165, 1.54) is 5.56 Å². The van der Waals surface area contributed by atoms with Crippen LogP contribution in [0.2, 0.25) is 0 Å². The van der Waals surface area contributed by atoms with Crippen molar-refractivity contribution in [3.05, 3.63) is 42.7 Å². The predicted octanol–water partition coefficient (Wildman–Crippen LogP) is 1.12. The van der Waals surface area contributed by atoms with Crippen molar-refractivity contribution in [1.29, 1.82) is 0 Å². The van der Waals surface area contributed by atoms with Crippen LogP contribution >= 0.6 is 0 Å². The molecule has 4 rings (SSSR count). The zero-order valence-electron chi connectivity index (χ0n) is 13.8. The number of aromatic nitrogens is 4. The van der Waals surface area contributed by atoms with Gasteiger partial charge in [-0.15, -0.1) is 0 Å². The normalized spacial score (nSPS) is 28.2. The van der Waals surface area contributed by atoms with Gasteiger partial charge in [-0.2, -0.15) is 5.10 Å². The lowest BCUT2D eigenvalue weighted by molar-refractivity contribution is -0.0905. The Morgan fingerprint density at radius 3 is 3.17 bits per heavy atom. The van der Waals surface area contributed by atoms with Crippen LogP contribution in [-0.2, 0) is 22.6 Å². The fourth-order valence-electron chi connectivity index (χ4n) is 3.65. The lowest BCUT2D eigenvalue weighted by Crippen LogP contribution is -2.44. The summed E-state index contributed by atoms with van der Waals surface area (Å²) < 4.78 is 14.1. The number of ether oxygens (including phenoxy) is 2. The first-order valence-corrected chi connectivity index (χ1v) is 8.51. The summed E-state index contributed by atoms with van der Waals surface area (Å²) in [6.07, 6.45) is 9.28. The van der Waals surface area contributed by atoms with Crippen molar-refractivity contribution >= 4 is 0 Å². The summed E-state index contributed by atoms with van der Waals surface area (Å²) in [6.45, 7) is 4.88. The molecule has 0 amide bonds. The molecular formula is C17H23N5O2. The summed E-state index contributed by atoms with van der Waals surface area (Å²) >= 11 is 0. The molecular weight excluding hydrogens is 306 g/mol. The van der Waals surface area contributed by atoms with Gasteiger partial charge in [-0.1, -0.05) is 6.07 Å². The average Bonchev–Trinajstić information content (AvgIpc) is 3.19. The van der Waals surface area contributed by atoms with Crippen molar-refractivity contribution in [1.82, 2.24) is 24.6 Å². The van der Waals surface area contributed by atoms with Crippen LogP contribution in [0.25, 0.3) is 0 Å². The maximum absolute atomic E-state index is 6.44. The van der Waals surface area contributed by atoms with Gasteiger partial charge in [0.25, 0.3) is 0 Å². The molecule has 7 heteroatoms. The molecule has 1 spiro atoms. The minimum atomic E-state index is -0.204. The molecule has 0 aromatic carbocycles. The number of pyridine rings is 1. The molecule has 0 N–H and O–H groups in total. The van der Waals surface area contributed by atoms with Crippen molar-refractivity contribution in [3.8, 4) is 0 Å². The Hall–Kier alpha value is -1.83. The van der Waals surface area contributed by atoms with Crippen LogP contribution in [0.1, 0.15) is 18.4 Å². The fraction of sp³-hybridized carbons (Fsp3) is 0.588. The molecule has 2 aliphatic rings. The Morgan fingerprint density at radius 2 is 2.33 bits per heavy atom. The van der Waals surface area contributed by atoms with Gasteiger partial charge < -0.3 is 9.47 Å².